The fourth-order valence-corrected chi connectivity index (χ4v) is 10.3. The Balaban J connectivity index is 0.851. The van der Waals surface area contributed by atoms with Crippen molar-refractivity contribution < 1.29 is 28.2 Å². The highest BCUT2D eigenvalue weighted by atomic mass is 19.3. The molecular formula is C37H47F2N7O4. The lowest BCUT2D eigenvalue weighted by Gasteiger charge is -2.57. The van der Waals surface area contributed by atoms with Crippen LogP contribution in [-0.4, -0.2) is 87.2 Å². The molecule has 1 amide bonds. The lowest BCUT2D eigenvalue weighted by atomic mass is 9.53. The number of para-hydroxylation sites is 2. The minimum absolute atomic E-state index is 0.0210. The number of amides is 1. The van der Waals surface area contributed by atoms with Crippen molar-refractivity contribution in [2.45, 2.75) is 101 Å². The average Bonchev–Trinajstić information content (AvgIpc) is 3.60. The van der Waals surface area contributed by atoms with Crippen molar-refractivity contribution in [3.8, 4) is 11.7 Å². The number of carbonyl (C=O) groups is 1. The summed E-state index contributed by atoms with van der Waals surface area (Å²) in [5, 5.41) is 17.8. The Morgan fingerprint density at radius 3 is 2.68 bits per heavy atom. The van der Waals surface area contributed by atoms with Crippen LogP contribution in [0.15, 0.2) is 30.3 Å². The summed E-state index contributed by atoms with van der Waals surface area (Å²) in [6.07, 6.45) is 7.97. The molecule has 3 heterocycles. The Labute approximate surface area is 290 Å². The zero-order valence-corrected chi connectivity index (χ0v) is 28.4. The molecule has 1 aromatic carbocycles. The molecule has 1 aliphatic heterocycles. The monoisotopic (exact) mass is 691 g/mol. The number of aromatic nitrogens is 4. The van der Waals surface area contributed by atoms with Crippen LogP contribution in [0.3, 0.4) is 0 Å². The number of aliphatic hydroxyl groups excluding tert-OH is 1. The molecule has 3 N–H and O–H groups in total. The first-order chi connectivity index (χ1) is 24.3. The van der Waals surface area contributed by atoms with Gasteiger partial charge in [-0.05, 0) is 101 Å². The second-order valence-corrected chi connectivity index (χ2v) is 16.0. The van der Waals surface area contributed by atoms with E-state index in [0.717, 1.165) is 63.7 Å². The van der Waals surface area contributed by atoms with E-state index in [9.17, 15) is 18.7 Å². The van der Waals surface area contributed by atoms with Gasteiger partial charge >= 0.3 is 0 Å². The molecule has 1 spiro atoms. The highest BCUT2D eigenvalue weighted by Gasteiger charge is 2.57. The maximum Gasteiger partial charge on any atom is 0.296 e. The second kappa shape index (κ2) is 12.7. The molecule has 6 fully saturated rings. The third-order valence-electron chi connectivity index (χ3n) is 12.9. The normalized spacial score (nSPS) is 34.8. The van der Waals surface area contributed by atoms with Crippen LogP contribution >= 0.6 is 0 Å². The number of nitrogens with one attached hydrogen (secondary N) is 2. The number of halogens is 2. The third kappa shape index (κ3) is 6.02. The molecule has 3 aromatic rings. The Morgan fingerprint density at radius 2 is 1.86 bits per heavy atom. The second-order valence-electron chi connectivity index (χ2n) is 16.0. The van der Waals surface area contributed by atoms with Gasteiger partial charge in [-0.1, -0.05) is 12.1 Å². The summed E-state index contributed by atoms with van der Waals surface area (Å²) in [5.74, 6) is 2.51. The van der Waals surface area contributed by atoms with Crippen molar-refractivity contribution in [2.24, 2.45) is 23.2 Å². The Morgan fingerprint density at radius 1 is 1.04 bits per heavy atom. The lowest BCUT2D eigenvalue weighted by Crippen LogP contribution is -2.62. The van der Waals surface area contributed by atoms with Crippen molar-refractivity contribution in [1.82, 2.24) is 30.2 Å². The summed E-state index contributed by atoms with van der Waals surface area (Å²) in [6, 6.07) is 8.85. The van der Waals surface area contributed by atoms with Crippen molar-refractivity contribution in [3.05, 3.63) is 36.2 Å². The van der Waals surface area contributed by atoms with Crippen LogP contribution in [0, 0.1) is 23.2 Å². The van der Waals surface area contributed by atoms with E-state index in [4.69, 9.17) is 19.4 Å². The first-order valence-electron chi connectivity index (χ1n) is 18.6. The van der Waals surface area contributed by atoms with Gasteiger partial charge in [-0.2, -0.15) is 9.97 Å². The first kappa shape index (κ1) is 32.5. The summed E-state index contributed by atoms with van der Waals surface area (Å²) in [5.41, 5.74) is 0.933. The number of alkyl halides is 2. The van der Waals surface area contributed by atoms with Crippen LogP contribution in [0.2, 0.25) is 0 Å². The molecule has 5 unspecified atom stereocenters. The first-order valence-corrected chi connectivity index (χ1v) is 18.6. The van der Waals surface area contributed by atoms with Gasteiger partial charge in [0.05, 0.1) is 36.9 Å². The molecule has 2 aromatic heterocycles. The number of hydrogen-bond acceptors (Lipinski definition) is 9. The minimum atomic E-state index is -2.79. The van der Waals surface area contributed by atoms with E-state index < -0.39 is 6.43 Å². The van der Waals surface area contributed by atoms with Gasteiger partial charge in [0.15, 0.2) is 5.82 Å². The SMILES string of the molecule is O=C(CNC12CC3CCC(C(O)C1)C(C3)C2)NC1CCC2(CC1)C[C@@H]2Oc1cc(-n2c(C(F)F)nc3ccccc32)nc(N2CCOCC2)n1. The van der Waals surface area contributed by atoms with Gasteiger partial charge in [-0.25, -0.2) is 13.8 Å². The number of ether oxygens (including phenoxy) is 2. The number of aliphatic hydroxyl groups is 1. The highest BCUT2D eigenvalue weighted by Crippen LogP contribution is 2.58. The molecule has 1 saturated heterocycles. The smallest absolute Gasteiger partial charge is 0.296 e. The molecule has 6 atom stereocenters. The highest BCUT2D eigenvalue weighted by molar-refractivity contribution is 5.79. The average molecular weight is 692 g/mol. The van der Waals surface area contributed by atoms with Gasteiger partial charge in [0.2, 0.25) is 17.7 Å². The predicted molar refractivity (Wildman–Crippen MR) is 181 cm³/mol. The largest absolute Gasteiger partial charge is 0.474 e. The minimum Gasteiger partial charge on any atom is -0.474 e. The van der Waals surface area contributed by atoms with E-state index in [2.05, 4.69) is 15.6 Å². The molecule has 268 valence electrons. The molecule has 9 rings (SSSR count). The Bertz CT molecular complexity index is 1730. The number of imidazole rings is 1. The molecule has 5 aliphatic carbocycles. The van der Waals surface area contributed by atoms with Gasteiger partial charge in [0, 0.05) is 36.2 Å². The van der Waals surface area contributed by atoms with Crippen LogP contribution in [0.4, 0.5) is 14.7 Å². The number of carbonyl (C=O) groups excluding carboxylic acids is 1. The molecule has 50 heavy (non-hydrogen) atoms. The van der Waals surface area contributed by atoms with Crippen molar-refractivity contribution in [3.63, 3.8) is 0 Å². The van der Waals surface area contributed by atoms with Crippen LogP contribution in [0.5, 0.6) is 5.88 Å². The van der Waals surface area contributed by atoms with Gasteiger partial charge in [0.25, 0.3) is 6.43 Å². The van der Waals surface area contributed by atoms with Gasteiger partial charge in [0.1, 0.15) is 11.9 Å². The van der Waals surface area contributed by atoms with Crippen molar-refractivity contribution in [2.75, 3.05) is 37.7 Å². The Hall–Kier alpha value is -3.42. The predicted octanol–water partition coefficient (Wildman–Crippen LogP) is 4.71. The summed E-state index contributed by atoms with van der Waals surface area (Å²) >= 11 is 0. The van der Waals surface area contributed by atoms with Crippen LogP contribution in [0.1, 0.15) is 82.9 Å². The number of anilines is 1. The van der Waals surface area contributed by atoms with Crippen LogP contribution in [-0.2, 0) is 9.53 Å². The lowest BCUT2D eigenvalue weighted by molar-refractivity contribution is -0.123. The van der Waals surface area contributed by atoms with Crippen molar-refractivity contribution in [1.29, 1.82) is 0 Å². The molecule has 0 radical (unpaired) electrons. The molecule has 3 bridgehead atoms. The van der Waals surface area contributed by atoms with Crippen LogP contribution in [0.25, 0.3) is 16.9 Å². The fraction of sp³-hybridized carbons (Fsp3) is 0.676. The number of rotatable bonds is 9. The van der Waals surface area contributed by atoms with Gasteiger partial charge < -0.3 is 30.1 Å². The summed E-state index contributed by atoms with van der Waals surface area (Å²) in [6.45, 7) is 2.55. The molecular weight excluding hydrogens is 644 g/mol. The fourth-order valence-electron chi connectivity index (χ4n) is 10.3. The maximum atomic E-state index is 14.3. The molecule has 11 nitrogen and oxygen atoms in total. The van der Waals surface area contributed by atoms with E-state index in [0.29, 0.717) is 73.4 Å². The summed E-state index contributed by atoms with van der Waals surface area (Å²) in [4.78, 5) is 28.9. The van der Waals surface area contributed by atoms with E-state index >= 15 is 0 Å². The van der Waals surface area contributed by atoms with Gasteiger partial charge in [-0.3, -0.25) is 9.36 Å². The zero-order valence-electron chi connectivity index (χ0n) is 28.4. The summed E-state index contributed by atoms with van der Waals surface area (Å²) in [7, 11) is 0. The number of hydrogen-bond donors (Lipinski definition) is 3. The van der Waals surface area contributed by atoms with Crippen molar-refractivity contribution >= 4 is 22.9 Å². The standard InChI is InChI=1S/C37H47F2N7O4/c38-33(39)34-42-26-3-1-2-4-27(26)46(34)30-16-32(44-35(43-30)45-11-13-49-14-12-45)50-29-20-36(29)9-7-24(8-10-36)41-31(48)21-40-37-17-22-5-6-25(28(47)19-37)23(15-22)18-37/h1-4,16,22-25,28-29,33,40,47H,5-15,17-21H2,(H,41,48)/t22?,23?,24?,25?,28?,29-,36?,37?/m0/s1. The van der Waals surface area contributed by atoms with E-state index in [1.165, 1.54) is 17.4 Å². The maximum absolute atomic E-state index is 14.3. The van der Waals surface area contributed by atoms with Gasteiger partial charge in [-0.15, -0.1) is 0 Å². The number of fused-ring (bicyclic) bond motifs is 3. The molecule has 13 heteroatoms. The number of morpholine rings is 1. The topological polar surface area (TPSA) is 127 Å². The number of benzene rings is 1. The molecule has 5 saturated carbocycles. The quantitative estimate of drug-likeness (QED) is 0.293. The number of nitrogens with zero attached hydrogens (tertiary/aromatic N) is 5. The van der Waals surface area contributed by atoms with Crippen LogP contribution < -0.4 is 20.3 Å². The van der Waals surface area contributed by atoms with E-state index in [1.54, 1.807) is 30.3 Å². The third-order valence-corrected chi connectivity index (χ3v) is 12.9. The summed E-state index contributed by atoms with van der Waals surface area (Å²) < 4.78 is 42.0. The van der Waals surface area contributed by atoms with E-state index in [1.807, 2.05) is 4.90 Å². The zero-order chi connectivity index (χ0) is 34.0. The Kier molecular flexibility index (Phi) is 8.23. The molecule has 6 aliphatic rings. The van der Waals surface area contributed by atoms with E-state index in [-0.39, 0.29) is 40.9 Å².